The van der Waals surface area contributed by atoms with E-state index in [0.29, 0.717) is 18.0 Å². The van der Waals surface area contributed by atoms with Gasteiger partial charge >= 0.3 is 0 Å². The van der Waals surface area contributed by atoms with Crippen LogP contribution in [0.2, 0.25) is 0 Å². The molecule has 2 unspecified atom stereocenters. The van der Waals surface area contributed by atoms with Crippen molar-refractivity contribution in [1.29, 1.82) is 0 Å². The molecule has 2 atom stereocenters. The highest BCUT2D eigenvalue weighted by molar-refractivity contribution is 5.11. The van der Waals surface area contributed by atoms with Gasteiger partial charge in [-0.05, 0) is 38.3 Å². The molecule has 1 aromatic heterocycles. The summed E-state index contributed by atoms with van der Waals surface area (Å²) in [5, 5.41) is 8.25. The quantitative estimate of drug-likeness (QED) is 0.806. The maximum Gasteiger partial charge on any atom is 0.0624 e. The van der Waals surface area contributed by atoms with Crippen molar-refractivity contribution in [1.82, 2.24) is 15.1 Å². The molecule has 0 fully saturated rings. The first-order valence-electron chi connectivity index (χ1n) is 7.30. The molecular formula is C15H29N3. The monoisotopic (exact) mass is 251 g/mol. The lowest BCUT2D eigenvalue weighted by molar-refractivity contribution is 0.322. The molecule has 1 aromatic rings. The van der Waals surface area contributed by atoms with Gasteiger partial charge in [0.25, 0.3) is 0 Å². The molecule has 3 nitrogen and oxygen atoms in total. The first-order valence-corrected chi connectivity index (χ1v) is 7.30. The van der Waals surface area contributed by atoms with E-state index in [2.05, 4.69) is 57.6 Å². The Morgan fingerprint density at radius 2 is 1.83 bits per heavy atom. The second kappa shape index (κ2) is 6.93. The van der Waals surface area contributed by atoms with E-state index < -0.39 is 0 Å². The average molecular weight is 251 g/mol. The summed E-state index contributed by atoms with van der Waals surface area (Å²) in [4.78, 5) is 0. The maximum atomic E-state index is 4.74. The number of aryl methyl sites for hydroxylation is 2. The third-order valence-corrected chi connectivity index (χ3v) is 3.65. The van der Waals surface area contributed by atoms with Crippen LogP contribution in [-0.2, 0) is 12.8 Å². The van der Waals surface area contributed by atoms with Crippen LogP contribution in [0.5, 0.6) is 0 Å². The zero-order valence-corrected chi connectivity index (χ0v) is 12.8. The molecule has 0 aliphatic heterocycles. The van der Waals surface area contributed by atoms with Gasteiger partial charge in [-0.25, -0.2) is 0 Å². The van der Waals surface area contributed by atoms with Gasteiger partial charge in [0.15, 0.2) is 0 Å². The first kappa shape index (κ1) is 15.2. The predicted octanol–water partition coefficient (Wildman–Crippen LogP) is 3.20. The number of nitrogens with one attached hydrogen (secondary N) is 1. The molecule has 0 amide bonds. The fourth-order valence-corrected chi connectivity index (χ4v) is 2.11. The Labute approximate surface area is 112 Å². The van der Waals surface area contributed by atoms with Crippen LogP contribution in [0, 0.1) is 5.92 Å². The first-order chi connectivity index (χ1) is 8.49. The smallest absolute Gasteiger partial charge is 0.0624 e. The third kappa shape index (κ3) is 3.84. The standard InChI is InChI=1S/C15H29N3/c1-7-14-9-15(8-2)18(17-14)13(6)12(5)10-16-11(3)4/h9,11-13,16H,7-8,10H2,1-6H3. The minimum Gasteiger partial charge on any atom is -0.314 e. The summed E-state index contributed by atoms with van der Waals surface area (Å²) in [6.45, 7) is 14.4. The van der Waals surface area contributed by atoms with Crippen LogP contribution < -0.4 is 5.32 Å². The van der Waals surface area contributed by atoms with Crippen LogP contribution in [0.15, 0.2) is 6.07 Å². The molecule has 3 heteroatoms. The number of hydrogen-bond acceptors (Lipinski definition) is 2. The minimum atomic E-state index is 0.450. The molecule has 104 valence electrons. The van der Waals surface area contributed by atoms with Gasteiger partial charge in [0.05, 0.1) is 11.7 Å². The van der Waals surface area contributed by atoms with E-state index in [-0.39, 0.29) is 0 Å². The van der Waals surface area contributed by atoms with Crippen LogP contribution in [0.3, 0.4) is 0 Å². The molecule has 1 rings (SSSR count). The van der Waals surface area contributed by atoms with E-state index in [4.69, 9.17) is 5.10 Å². The van der Waals surface area contributed by atoms with Crippen LogP contribution in [0.1, 0.15) is 59.0 Å². The number of aromatic nitrogens is 2. The Kier molecular flexibility index (Phi) is 5.86. The summed E-state index contributed by atoms with van der Waals surface area (Å²) in [7, 11) is 0. The van der Waals surface area contributed by atoms with Gasteiger partial charge < -0.3 is 5.32 Å². The Balaban J connectivity index is 2.75. The highest BCUT2D eigenvalue weighted by Gasteiger charge is 2.18. The lowest BCUT2D eigenvalue weighted by Gasteiger charge is -2.23. The lowest BCUT2D eigenvalue weighted by Crippen LogP contribution is -2.32. The van der Waals surface area contributed by atoms with Gasteiger partial charge in [0.1, 0.15) is 0 Å². The predicted molar refractivity (Wildman–Crippen MR) is 78.0 cm³/mol. The minimum absolute atomic E-state index is 0.450. The zero-order chi connectivity index (χ0) is 13.7. The number of nitrogens with zero attached hydrogens (tertiary/aromatic N) is 2. The normalized spacial score (nSPS) is 15.1. The van der Waals surface area contributed by atoms with Gasteiger partial charge in [-0.2, -0.15) is 5.10 Å². The second-order valence-corrected chi connectivity index (χ2v) is 5.56. The fourth-order valence-electron chi connectivity index (χ4n) is 2.11. The molecule has 0 aliphatic carbocycles. The highest BCUT2D eigenvalue weighted by atomic mass is 15.3. The van der Waals surface area contributed by atoms with E-state index >= 15 is 0 Å². The molecule has 0 spiro atoms. The molecule has 0 saturated heterocycles. The average Bonchev–Trinajstić information content (AvgIpc) is 2.78. The lowest BCUT2D eigenvalue weighted by atomic mass is 10.0. The van der Waals surface area contributed by atoms with Crippen molar-refractivity contribution in [3.05, 3.63) is 17.5 Å². The van der Waals surface area contributed by atoms with E-state index in [1.165, 1.54) is 11.4 Å². The summed E-state index contributed by atoms with van der Waals surface area (Å²) < 4.78 is 2.23. The van der Waals surface area contributed by atoms with Gasteiger partial charge in [-0.3, -0.25) is 4.68 Å². The van der Waals surface area contributed by atoms with Gasteiger partial charge in [-0.1, -0.05) is 34.6 Å². The van der Waals surface area contributed by atoms with Crippen molar-refractivity contribution in [3.63, 3.8) is 0 Å². The molecule has 1 heterocycles. The van der Waals surface area contributed by atoms with Crippen molar-refractivity contribution in [2.75, 3.05) is 6.54 Å². The summed E-state index contributed by atoms with van der Waals surface area (Å²) in [5.41, 5.74) is 2.57. The van der Waals surface area contributed by atoms with Crippen molar-refractivity contribution >= 4 is 0 Å². The zero-order valence-electron chi connectivity index (χ0n) is 12.8. The van der Waals surface area contributed by atoms with Crippen molar-refractivity contribution in [2.45, 2.75) is 66.5 Å². The number of rotatable bonds is 7. The molecule has 0 bridgehead atoms. The number of hydrogen-bond donors (Lipinski definition) is 1. The Hall–Kier alpha value is -0.830. The topological polar surface area (TPSA) is 29.9 Å². The summed E-state index contributed by atoms with van der Waals surface area (Å²) >= 11 is 0. The maximum absolute atomic E-state index is 4.74. The van der Waals surface area contributed by atoms with E-state index in [0.717, 1.165) is 19.4 Å². The molecule has 0 saturated carbocycles. The molecular weight excluding hydrogens is 222 g/mol. The van der Waals surface area contributed by atoms with E-state index in [1.54, 1.807) is 0 Å². The van der Waals surface area contributed by atoms with Crippen LogP contribution in [-0.4, -0.2) is 22.4 Å². The van der Waals surface area contributed by atoms with E-state index in [9.17, 15) is 0 Å². The summed E-state index contributed by atoms with van der Waals surface area (Å²) in [6.07, 6.45) is 2.08. The second-order valence-electron chi connectivity index (χ2n) is 5.56. The fraction of sp³-hybridized carbons (Fsp3) is 0.800. The molecule has 0 aliphatic rings. The van der Waals surface area contributed by atoms with Crippen LogP contribution in [0.25, 0.3) is 0 Å². The Morgan fingerprint density at radius 1 is 1.17 bits per heavy atom. The SMILES string of the molecule is CCc1cc(CC)n(C(C)C(C)CNC(C)C)n1. The summed E-state index contributed by atoms with van der Waals surface area (Å²) in [6, 6.07) is 3.25. The van der Waals surface area contributed by atoms with E-state index in [1.807, 2.05) is 0 Å². The van der Waals surface area contributed by atoms with Crippen molar-refractivity contribution in [3.8, 4) is 0 Å². The summed E-state index contributed by atoms with van der Waals surface area (Å²) in [5.74, 6) is 0.585. The Bertz CT molecular complexity index is 355. The largest absolute Gasteiger partial charge is 0.314 e. The van der Waals surface area contributed by atoms with Gasteiger partial charge in [-0.15, -0.1) is 0 Å². The molecule has 0 aromatic carbocycles. The molecule has 0 radical (unpaired) electrons. The third-order valence-electron chi connectivity index (χ3n) is 3.65. The van der Waals surface area contributed by atoms with Crippen molar-refractivity contribution < 1.29 is 0 Å². The van der Waals surface area contributed by atoms with Gasteiger partial charge in [0, 0.05) is 11.7 Å². The Morgan fingerprint density at radius 3 is 2.33 bits per heavy atom. The molecule has 18 heavy (non-hydrogen) atoms. The van der Waals surface area contributed by atoms with Gasteiger partial charge in [0.2, 0.25) is 0 Å². The highest BCUT2D eigenvalue weighted by Crippen LogP contribution is 2.20. The molecule has 1 N–H and O–H groups in total. The van der Waals surface area contributed by atoms with Crippen LogP contribution in [0.4, 0.5) is 0 Å². The van der Waals surface area contributed by atoms with Crippen molar-refractivity contribution in [2.24, 2.45) is 5.92 Å². The van der Waals surface area contributed by atoms with Crippen LogP contribution >= 0.6 is 0 Å².